The van der Waals surface area contributed by atoms with E-state index in [2.05, 4.69) is 4.98 Å². The minimum absolute atomic E-state index is 0.0135. The number of aromatic amines is 1. The van der Waals surface area contributed by atoms with Crippen LogP contribution in [0.15, 0.2) is 58.2 Å². The summed E-state index contributed by atoms with van der Waals surface area (Å²) < 4.78 is 54.9. The molecule has 0 fully saturated rings. The number of halogens is 2. The van der Waals surface area contributed by atoms with E-state index in [0.29, 0.717) is 22.8 Å². The van der Waals surface area contributed by atoms with E-state index in [9.17, 15) is 22.0 Å². The Morgan fingerprint density at radius 3 is 2.56 bits per heavy atom. The van der Waals surface area contributed by atoms with Crippen LogP contribution in [-0.2, 0) is 10.0 Å². The van der Waals surface area contributed by atoms with Gasteiger partial charge in [-0.05, 0) is 30.3 Å². The van der Waals surface area contributed by atoms with E-state index in [1.54, 1.807) is 18.2 Å². The van der Waals surface area contributed by atoms with Gasteiger partial charge in [0.2, 0.25) is 10.0 Å². The van der Waals surface area contributed by atoms with E-state index >= 15 is 0 Å². The number of rotatable bonds is 3. The first-order valence-corrected chi connectivity index (χ1v) is 9.66. The highest BCUT2D eigenvalue weighted by Crippen LogP contribution is 2.25. The quantitative estimate of drug-likeness (QED) is 0.746. The van der Waals surface area contributed by atoms with Crippen molar-refractivity contribution < 1.29 is 17.2 Å². The molecule has 1 N–H and O–H groups in total. The molecule has 1 aliphatic rings. The number of imidazole rings is 1. The largest absolute Gasteiger partial charge is 0.330 e. The standard InChI is InChI=1S/C18H15F2N3O3S/c19-12-5-6-17(14(20)11-12)27(25,26)22-9-7-13(8-10-22)23-16-4-2-1-3-15(16)21-18(23)24/h1-7,11H,8-10H2,(H,21,24). The molecule has 0 saturated carbocycles. The summed E-state index contributed by atoms with van der Waals surface area (Å²) in [7, 11) is -4.10. The maximum atomic E-state index is 13.9. The summed E-state index contributed by atoms with van der Waals surface area (Å²) in [5.41, 5.74) is 1.76. The Morgan fingerprint density at radius 1 is 1.07 bits per heavy atom. The monoisotopic (exact) mass is 391 g/mol. The molecule has 4 rings (SSSR count). The zero-order valence-electron chi connectivity index (χ0n) is 14.0. The Labute approximate surface area is 153 Å². The first kappa shape index (κ1) is 17.6. The van der Waals surface area contributed by atoms with Gasteiger partial charge in [0.05, 0.1) is 11.0 Å². The Balaban J connectivity index is 1.67. The molecule has 0 spiro atoms. The van der Waals surface area contributed by atoms with Crippen LogP contribution in [-0.4, -0.2) is 35.4 Å². The van der Waals surface area contributed by atoms with E-state index in [4.69, 9.17) is 0 Å². The molecular formula is C18H15F2N3O3S. The highest BCUT2D eigenvalue weighted by atomic mass is 32.2. The average Bonchev–Trinajstić information content (AvgIpc) is 2.97. The van der Waals surface area contributed by atoms with Crippen LogP contribution in [0.25, 0.3) is 16.7 Å². The molecule has 1 aromatic heterocycles. The van der Waals surface area contributed by atoms with Gasteiger partial charge in [-0.3, -0.25) is 4.57 Å². The molecule has 0 saturated heterocycles. The Kier molecular flexibility index (Phi) is 4.20. The molecule has 27 heavy (non-hydrogen) atoms. The molecule has 0 radical (unpaired) electrons. The van der Waals surface area contributed by atoms with Gasteiger partial charge in [0.15, 0.2) is 0 Å². The lowest BCUT2D eigenvalue weighted by Gasteiger charge is -2.26. The van der Waals surface area contributed by atoms with Crippen molar-refractivity contribution in [3.05, 3.63) is 70.7 Å². The minimum Gasteiger partial charge on any atom is -0.305 e. The first-order valence-electron chi connectivity index (χ1n) is 8.22. The van der Waals surface area contributed by atoms with Crippen LogP contribution >= 0.6 is 0 Å². The minimum atomic E-state index is -4.10. The lowest BCUT2D eigenvalue weighted by Crippen LogP contribution is -2.36. The second kappa shape index (κ2) is 6.43. The van der Waals surface area contributed by atoms with E-state index in [-0.39, 0.29) is 25.2 Å². The van der Waals surface area contributed by atoms with Gasteiger partial charge >= 0.3 is 5.69 Å². The number of hydrogen-bond donors (Lipinski definition) is 1. The fraction of sp³-hybridized carbons (Fsp3) is 0.167. The number of nitrogens with one attached hydrogen (secondary N) is 1. The van der Waals surface area contributed by atoms with E-state index < -0.39 is 26.6 Å². The van der Waals surface area contributed by atoms with Gasteiger partial charge in [-0.15, -0.1) is 0 Å². The van der Waals surface area contributed by atoms with Gasteiger partial charge in [0.1, 0.15) is 16.5 Å². The Bertz CT molecular complexity index is 1230. The number of para-hydroxylation sites is 2. The zero-order valence-corrected chi connectivity index (χ0v) is 14.8. The summed E-state index contributed by atoms with van der Waals surface area (Å²) in [5, 5.41) is 0. The molecule has 0 amide bonds. The lowest BCUT2D eigenvalue weighted by molar-refractivity contribution is 0.432. The topological polar surface area (TPSA) is 75.2 Å². The number of hydrogen-bond acceptors (Lipinski definition) is 3. The number of benzene rings is 2. The Morgan fingerprint density at radius 2 is 1.85 bits per heavy atom. The molecule has 2 heterocycles. The highest BCUT2D eigenvalue weighted by molar-refractivity contribution is 7.89. The van der Waals surface area contributed by atoms with Gasteiger partial charge < -0.3 is 4.98 Å². The van der Waals surface area contributed by atoms with Gasteiger partial charge in [0.25, 0.3) is 0 Å². The van der Waals surface area contributed by atoms with Crippen molar-refractivity contribution in [2.45, 2.75) is 11.3 Å². The third-order valence-corrected chi connectivity index (χ3v) is 6.43. The van der Waals surface area contributed by atoms with Crippen molar-refractivity contribution >= 4 is 26.8 Å². The van der Waals surface area contributed by atoms with Crippen LogP contribution in [0.3, 0.4) is 0 Å². The second-order valence-electron chi connectivity index (χ2n) is 6.17. The van der Waals surface area contributed by atoms with Gasteiger partial charge in [0, 0.05) is 31.3 Å². The number of fused-ring (bicyclic) bond motifs is 1. The number of H-pyrrole nitrogens is 1. The molecule has 2 aromatic carbocycles. The van der Waals surface area contributed by atoms with Crippen molar-refractivity contribution in [3.63, 3.8) is 0 Å². The van der Waals surface area contributed by atoms with E-state index in [1.807, 2.05) is 12.1 Å². The maximum absolute atomic E-state index is 13.9. The van der Waals surface area contributed by atoms with Gasteiger partial charge in [-0.25, -0.2) is 22.0 Å². The SMILES string of the molecule is O=c1[nH]c2ccccc2n1C1=CCN(S(=O)(=O)c2ccc(F)cc2F)CC1. The number of nitrogens with zero attached hydrogens (tertiary/aromatic N) is 2. The van der Waals surface area contributed by atoms with Crippen molar-refractivity contribution in [2.24, 2.45) is 0 Å². The first-order chi connectivity index (χ1) is 12.9. The molecule has 6 nitrogen and oxygen atoms in total. The smallest absolute Gasteiger partial charge is 0.305 e. The molecule has 3 aromatic rings. The average molecular weight is 391 g/mol. The molecule has 140 valence electrons. The number of sulfonamides is 1. The summed E-state index contributed by atoms with van der Waals surface area (Å²) in [4.78, 5) is 14.5. The van der Waals surface area contributed by atoms with Crippen LogP contribution in [0.1, 0.15) is 6.42 Å². The molecule has 0 bridgehead atoms. The van der Waals surface area contributed by atoms with Crippen molar-refractivity contribution in [2.75, 3.05) is 13.1 Å². The van der Waals surface area contributed by atoms with E-state index in [0.717, 1.165) is 16.4 Å². The lowest BCUT2D eigenvalue weighted by atomic mass is 10.2. The zero-order chi connectivity index (χ0) is 19.2. The molecule has 0 aliphatic carbocycles. The van der Waals surface area contributed by atoms with Crippen LogP contribution in [0, 0.1) is 11.6 Å². The highest BCUT2D eigenvalue weighted by Gasteiger charge is 2.29. The predicted molar refractivity (Wildman–Crippen MR) is 96.6 cm³/mol. The summed E-state index contributed by atoms with van der Waals surface area (Å²) in [6.45, 7) is 0.0668. The van der Waals surface area contributed by atoms with E-state index in [1.165, 1.54) is 4.57 Å². The Hall–Kier alpha value is -2.78. The third-order valence-electron chi connectivity index (χ3n) is 4.54. The fourth-order valence-electron chi connectivity index (χ4n) is 3.22. The molecule has 9 heteroatoms. The summed E-state index contributed by atoms with van der Waals surface area (Å²) in [6.07, 6.45) is 1.91. The fourth-order valence-corrected chi connectivity index (χ4v) is 4.65. The third kappa shape index (κ3) is 2.98. The van der Waals surface area contributed by atoms with Gasteiger partial charge in [-0.1, -0.05) is 12.1 Å². The molecular weight excluding hydrogens is 376 g/mol. The van der Waals surface area contributed by atoms with Crippen molar-refractivity contribution in [1.29, 1.82) is 0 Å². The normalized spacial score (nSPS) is 15.9. The second-order valence-corrected chi connectivity index (χ2v) is 8.07. The molecule has 0 unspecified atom stereocenters. The van der Waals surface area contributed by atoms with Crippen LogP contribution < -0.4 is 5.69 Å². The maximum Gasteiger partial charge on any atom is 0.330 e. The van der Waals surface area contributed by atoms with Crippen LogP contribution in [0.4, 0.5) is 8.78 Å². The predicted octanol–water partition coefficient (Wildman–Crippen LogP) is 2.54. The van der Waals surface area contributed by atoms with Crippen LogP contribution in [0.5, 0.6) is 0 Å². The van der Waals surface area contributed by atoms with Crippen LogP contribution in [0.2, 0.25) is 0 Å². The summed E-state index contributed by atoms with van der Waals surface area (Å²) in [6, 6.07) is 9.57. The van der Waals surface area contributed by atoms with Crippen molar-refractivity contribution in [1.82, 2.24) is 13.9 Å². The van der Waals surface area contributed by atoms with Crippen molar-refractivity contribution in [3.8, 4) is 0 Å². The molecule has 0 atom stereocenters. The van der Waals surface area contributed by atoms with Gasteiger partial charge in [-0.2, -0.15) is 4.31 Å². The molecule has 1 aliphatic heterocycles. The summed E-state index contributed by atoms with van der Waals surface area (Å²) >= 11 is 0. The summed E-state index contributed by atoms with van der Waals surface area (Å²) in [5.74, 6) is -1.97. The number of aromatic nitrogens is 2.